The molecule has 0 saturated heterocycles. The van der Waals surface area contributed by atoms with Gasteiger partial charge in [0.15, 0.2) is 5.16 Å². The highest BCUT2D eigenvalue weighted by atomic mass is 35.5. The van der Waals surface area contributed by atoms with Crippen molar-refractivity contribution in [3.8, 4) is 0 Å². The fraction of sp³-hybridized carbons (Fsp3) is 0.300. The minimum atomic E-state index is -0.440. The number of carbonyl (C=O) groups excluding carboxylic acids is 2. The Bertz CT molecular complexity index is 1050. The fourth-order valence-electron chi connectivity index (χ4n) is 2.67. The lowest BCUT2D eigenvalue weighted by atomic mass is 10.1. The van der Waals surface area contributed by atoms with Crippen LogP contribution in [0.5, 0.6) is 0 Å². The highest BCUT2D eigenvalue weighted by molar-refractivity contribution is 7.99. The Morgan fingerprint density at radius 3 is 2.70 bits per heavy atom. The second kappa shape index (κ2) is 10.1. The molecule has 1 amide bonds. The van der Waals surface area contributed by atoms with E-state index in [2.05, 4.69) is 15.5 Å². The molecule has 0 radical (unpaired) electrons. The molecule has 0 spiro atoms. The summed E-state index contributed by atoms with van der Waals surface area (Å²) in [5.41, 5.74) is 1.45. The van der Waals surface area contributed by atoms with Gasteiger partial charge in [-0.25, -0.2) is 4.79 Å². The molecule has 0 aliphatic rings. The highest BCUT2D eigenvalue weighted by Crippen LogP contribution is 2.29. The summed E-state index contributed by atoms with van der Waals surface area (Å²) in [6.45, 7) is 3.90. The predicted molar refractivity (Wildman–Crippen MR) is 120 cm³/mol. The predicted octanol–water partition coefficient (Wildman–Crippen LogP) is 4.34. The van der Waals surface area contributed by atoms with E-state index in [1.165, 1.54) is 23.1 Å². The average Bonchev–Trinajstić information content (AvgIpc) is 3.24. The van der Waals surface area contributed by atoms with E-state index in [9.17, 15) is 9.59 Å². The van der Waals surface area contributed by atoms with Crippen LogP contribution in [0.4, 0.5) is 5.00 Å². The van der Waals surface area contributed by atoms with Crippen LogP contribution in [0.2, 0.25) is 5.02 Å². The number of amides is 1. The largest absolute Gasteiger partial charge is 0.462 e. The van der Waals surface area contributed by atoms with E-state index in [0.29, 0.717) is 27.2 Å². The van der Waals surface area contributed by atoms with Crippen LogP contribution in [0.1, 0.15) is 33.5 Å². The van der Waals surface area contributed by atoms with Gasteiger partial charge in [-0.2, -0.15) is 0 Å². The molecule has 0 fully saturated rings. The standard InChI is InChI=1S/C20H21ClN4O3S2/c1-4-28-19(27)15-9-12(2)30-18(15)22-17(26)11-29-20-24-23-16(25(20)3)10-13-5-7-14(21)8-6-13/h5-9H,4,10-11H2,1-3H3,(H,22,26). The van der Waals surface area contributed by atoms with Gasteiger partial charge in [0.05, 0.1) is 17.9 Å². The number of anilines is 1. The van der Waals surface area contributed by atoms with Crippen molar-refractivity contribution in [2.24, 2.45) is 7.05 Å². The van der Waals surface area contributed by atoms with Crippen LogP contribution >= 0.6 is 34.7 Å². The Morgan fingerprint density at radius 1 is 1.27 bits per heavy atom. The summed E-state index contributed by atoms with van der Waals surface area (Å²) < 4.78 is 6.92. The van der Waals surface area contributed by atoms with Crippen LogP contribution in [0.15, 0.2) is 35.5 Å². The number of hydrogen-bond donors (Lipinski definition) is 1. The molecule has 10 heteroatoms. The Balaban J connectivity index is 1.60. The molecule has 0 saturated carbocycles. The topological polar surface area (TPSA) is 86.1 Å². The lowest BCUT2D eigenvalue weighted by molar-refractivity contribution is -0.113. The van der Waals surface area contributed by atoms with E-state index in [0.717, 1.165) is 16.3 Å². The SMILES string of the molecule is CCOC(=O)c1cc(C)sc1NC(=O)CSc1nnc(Cc2ccc(Cl)cc2)n1C. The molecule has 0 bridgehead atoms. The number of benzene rings is 1. The van der Waals surface area contributed by atoms with Crippen molar-refractivity contribution in [1.82, 2.24) is 14.8 Å². The van der Waals surface area contributed by atoms with E-state index in [-0.39, 0.29) is 18.3 Å². The molecule has 1 aromatic carbocycles. The third kappa shape index (κ3) is 5.62. The number of halogens is 1. The number of rotatable bonds is 8. The highest BCUT2D eigenvalue weighted by Gasteiger charge is 2.19. The summed E-state index contributed by atoms with van der Waals surface area (Å²) in [5.74, 6) is 0.268. The van der Waals surface area contributed by atoms with E-state index in [4.69, 9.17) is 16.3 Å². The van der Waals surface area contributed by atoms with Gasteiger partial charge in [0.25, 0.3) is 0 Å². The van der Waals surface area contributed by atoms with Crippen LogP contribution in [-0.2, 0) is 23.0 Å². The number of ether oxygens (including phenoxy) is 1. The molecule has 3 aromatic rings. The van der Waals surface area contributed by atoms with Gasteiger partial charge in [0.2, 0.25) is 5.91 Å². The maximum atomic E-state index is 12.4. The first-order valence-electron chi connectivity index (χ1n) is 9.20. The molecule has 2 aromatic heterocycles. The monoisotopic (exact) mass is 464 g/mol. The molecule has 7 nitrogen and oxygen atoms in total. The van der Waals surface area contributed by atoms with Crippen LogP contribution in [0.25, 0.3) is 0 Å². The number of nitrogens with one attached hydrogen (secondary N) is 1. The second-order valence-electron chi connectivity index (χ2n) is 6.42. The first kappa shape index (κ1) is 22.3. The van der Waals surface area contributed by atoms with Gasteiger partial charge in [0.1, 0.15) is 10.8 Å². The average molecular weight is 465 g/mol. The molecule has 0 unspecified atom stereocenters. The third-order valence-electron chi connectivity index (χ3n) is 4.14. The molecule has 158 valence electrons. The number of hydrogen-bond acceptors (Lipinski definition) is 7. The molecule has 1 N–H and O–H groups in total. The van der Waals surface area contributed by atoms with Crippen molar-refractivity contribution in [3.63, 3.8) is 0 Å². The number of aromatic nitrogens is 3. The number of thiophene rings is 1. The second-order valence-corrected chi connectivity index (χ2v) is 9.05. The van der Waals surface area contributed by atoms with Gasteiger partial charge in [-0.15, -0.1) is 21.5 Å². The van der Waals surface area contributed by atoms with E-state index < -0.39 is 5.97 Å². The van der Waals surface area contributed by atoms with E-state index >= 15 is 0 Å². The first-order valence-corrected chi connectivity index (χ1v) is 11.4. The van der Waals surface area contributed by atoms with Crippen LogP contribution in [-0.4, -0.2) is 39.0 Å². The van der Waals surface area contributed by atoms with Crippen LogP contribution in [0, 0.1) is 6.92 Å². The lowest BCUT2D eigenvalue weighted by Gasteiger charge is -2.06. The minimum absolute atomic E-state index is 0.145. The van der Waals surface area contributed by atoms with Gasteiger partial charge < -0.3 is 14.6 Å². The number of nitrogens with zero attached hydrogens (tertiary/aromatic N) is 3. The molecule has 0 aliphatic heterocycles. The summed E-state index contributed by atoms with van der Waals surface area (Å²) in [6.07, 6.45) is 0.616. The Labute approximate surface area is 187 Å². The maximum absolute atomic E-state index is 12.4. The van der Waals surface area contributed by atoms with Crippen LogP contribution < -0.4 is 5.32 Å². The molecule has 30 heavy (non-hydrogen) atoms. The summed E-state index contributed by atoms with van der Waals surface area (Å²) in [5, 5.41) is 13.0. The van der Waals surface area contributed by atoms with E-state index in [1.54, 1.807) is 13.0 Å². The van der Waals surface area contributed by atoms with Gasteiger partial charge in [0, 0.05) is 23.4 Å². The van der Waals surface area contributed by atoms with Gasteiger partial charge in [-0.1, -0.05) is 35.5 Å². The summed E-state index contributed by atoms with van der Waals surface area (Å²) >= 11 is 8.55. The number of aryl methyl sites for hydroxylation is 1. The number of esters is 1. The fourth-order valence-corrected chi connectivity index (χ4v) is 4.44. The zero-order valence-corrected chi connectivity index (χ0v) is 19.2. The van der Waals surface area contributed by atoms with E-state index in [1.807, 2.05) is 42.8 Å². The Kier molecular flexibility index (Phi) is 7.52. The molecule has 2 heterocycles. The van der Waals surface area contributed by atoms with Crippen molar-refractivity contribution < 1.29 is 14.3 Å². The Morgan fingerprint density at radius 2 is 2.00 bits per heavy atom. The van der Waals surface area contributed by atoms with Crippen molar-refractivity contribution in [2.45, 2.75) is 25.4 Å². The quantitative estimate of drug-likeness (QED) is 0.394. The van der Waals surface area contributed by atoms with Gasteiger partial charge >= 0.3 is 5.97 Å². The minimum Gasteiger partial charge on any atom is -0.462 e. The molecular formula is C20H21ClN4O3S2. The maximum Gasteiger partial charge on any atom is 0.341 e. The number of carbonyl (C=O) groups is 2. The summed E-state index contributed by atoms with van der Waals surface area (Å²) in [7, 11) is 1.87. The molecule has 3 rings (SSSR count). The normalized spacial score (nSPS) is 10.8. The van der Waals surface area contributed by atoms with Crippen molar-refractivity contribution in [1.29, 1.82) is 0 Å². The number of thioether (sulfide) groups is 1. The smallest absolute Gasteiger partial charge is 0.341 e. The molecular weight excluding hydrogens is 444 g/mol. The zero-order valence-electron chi connectivity index (χ0n) is 16.8. The summed E-state index contributed by atoms with van der Waals surface area (Å²) in [4.78, 5) is 25.4. The Hall–Kier alpha value is -2.36. The van der Waals surface area contributed by atoms with Gasteiger partial charge in [-0.3, -0.25) is 4.79 Å². The third-order valence-corrected chi connectivity index (χ3v) is 6.37. The molecule has 0 aliphatic carbocycles. The van der Waals surface area contributed by atoms with Gasteiger partial charge in [-0.05, 0) is 37.6 Å². The van der Waals surface area contributed by atoms with Crippen LogP contribution in [0.3, 0.4) is 0 Å². The lowest BCUT2D eigenvalue weighted by Crippen LogP contribution is -2.16. The molecule has 0 atom stereocenters. The van der Waals surface area contributed by atoms with Crippen molar-refractivity contribution in [2.75, 3.05) is 17.7 Å². The van der Waals surface area contributed by atoms with Crippen molar-refractivity contribution in [3.05, 3.63) is 57.2 Å². The zero-order chi connectivity index (χ0) is 21.7. The van der Waals surface area contributed by atoms with Crippen molar-refractivity contribution >= 4 is 51.6 Å². The summed E-state index contributed by atoms with van der Waals surface area (Å²) in [6, 6.07) is 9.29. The first-order chi connectivity index (χ1) is 14.4.